The first-order chi connectivity index (χ1) is 13.9. The second-order valence-electron chi connectivity index (χ2n) is 7.29. The lowest BCUT2D eigenvalue weighted by Crippen LogP contribution is -2.48. The molecule has 1 atom stereocenters. The van der Waals surface area contributed by atoms with E-state index >= 15 is 0 Å². The average Bonchev–Trinajstić information content (AvgIpc) is 3.21. The Morgan fingerprint density at radius 1 is 1.17 bits per heavy atom. The fourth-order valence-corrected chi connectivity index (χ4v) is 4.02. The number of ether oxygens (including phenoxy) is 2. The van der Waals surface area contributed by atoms with E-state index in [1.807, 2.05) is 12.1 Å². The molecule has 2 aliphatic rings. The fourth-order valence-electron chi connectivity index (χ4n) is 4.02. The van der Waals surface area contributed by atoms with Crippen molar-refractivity contribution in [2.45, 2.75) is 24.9 Å². The van der Waals surface area contributed by atoms with Crippen molar-refractivity contribution in [1.29, 1.82) is 0 Å². The molecule has 1 aromatic heterocycles. The molecule has 1 fully saturated rings. The second kappa shape index (κ2) is 6.88. The molecule has 0 unspecified atom stereocenters. The summed E-state index contributed by atoms with van der Waals surface area (Å²) in [7, 11) is 4.53. The quantitative estimate of drug-likeness (QED) is 0.579. The predicted molar refractivity (Wildman–Crippen MR) is 102 cm³/mol. The summed E-state index contributed by atoms with van der Waals surface area (Å²) in [5.41, 5.74) is 1.66. The maximum absolute atomic E-state index is 13.3. The molecule has 0 N–H and O–H groups in total. The molecule has 1 aromatic carbocycles. The number of amides is 3. The van der Waals surface area contributed by atoms with Crippen LogP contribution in [-0.4, -0.2) is 59.5 Å². The number of nitrogens with zero attached hydrogens (tertiary/aromatic N) is 3. The molecule has 3 amide bonds. The van der Waals surface area contributed by atoms with Crippen molar-refractivity contribution in [3.8, 4) is 5.75 Å². The number of esters is 1. The minimum absolute atomic E-state index is 0.185. The van der Waals surface area contributed by atoms with Gasteiger partial charge >= 0.3 is 12.0 Å². The number of urea groups is 1. The van der Waals surface area contributed by atoms with Crippen LogP contribution < -0.4 is 4.74 Å². The Morgan fingerprint density at radius 3 is 2.55 bits per heavy atom. The number of fused-ring (bicyclic) bond motifs is 1. The van der Waals surface area contributed by atoms with E-state index in [1.54, 1.807) is 32.4 Å². The first kappa shape index (κ1) is 18.9. The number of carbonyl (C=O) groups excluding carboxylic acids is 3. The van der Waals surface area contributed by atoms with Gasteiger partial charge in [0.25, 0.3) is 5.91 Å². The van der Waals surface area contributed by atoms with Gasteiger partial charge in [0.2, 0.25) is 0 Å². The molecule has 8 nitrogen and oxygen atoms in total. The van der Waals surface area contributed by atoms with E-state index in [0.29, 0.717) is 24.2 Å². The Balaban J connectivity index is 1.60. The van der Waals surface area contributed by atoms with Crippen molar-refractivity contribution in [2.24, 2.45) is 0 Å². The van der Waals surface area contributed by atoms with E-state index in [4.69, 9.17) is 9.47 Å². The van der Waals surface area contributed by atoms with Gasteiger partial charge in [-0.3, -0.25) is 14.7 Å². The number of hydrogen-bond donors (Lipinski definition) is 0. The Morgan fingerprint density at radius 2 is 1.90 bits per heavy atom. The summed E-state index contributed by atoms with van der Waals surface area (Å²) < 4.78 is 9.89. The highest BCUT2D eigenvalue weighted by Crippen LogP contribution is 2.40. The van der Waals surface area contributed by atoms with Crippen molar-refractivity contribution in [3.63, 3.8) is 0 Å². The number of imide groups is 1. The van der Waals surface area contributed by atoms with Crippen LogP contribution in [-0.2, 0) is 28.9 Å². The molecular formula is C21H21N3O5. The smallest absolute Gasteiger partial charge is 0.339 e. The predicted octanol–water partition coefficient (Wildman–Crippen LogP) is 1.81. The van der Waals surface area contributed by atoms with Crippen LogP contribution in [0.25, 0.3) is 0 Å². The maximum atomic E-state index is 13.3. The molecular weight excluding hydrogens is 374 g/mol. The molecule has 1 spiro atoms. The molecule has 4 rings (SSSR count). The standard InChI is InChI=1S/C21H21N3O5/c1-23-20(27)24(12-13-4-6-16(28-2)7-5-13)19(26)21(23)9-14-8-15(18(25)29-3)11-22-17(14)10-21/h4-8,11H,9-10,12H2,1-3H3/t21-/m0/s1. The van der Waals surface area contributed by atoms with E-state index in [0.717, 1.165) is 16.8 Å². The number of methoxy groups -OCH3 is 2. The van der Waals surface area contributed by atoms with Gasteiger partial charge in [0.05, 0.1) is 26.3 Å². The number of benzene rings is 1. The lowest BCUT2D eigenvalue weighted by Gasteiger charge is -2.27. The number of likely N-dealkylation sites (N-methyl/N-ethyl adjacent to an activating group) is 1. The lowest BCUT2D eigenvalue weighted by molar-refractivity contribution is -0.133. The molecule has 2 aromatic rings. The minimum atomic E-state index is -1.01. The van der Waals surface area contributed by atoms with E-state index in [-0.39, 0.29) is 18.5 Å². The first-order valence-corrected chi connectivity index (χ1v) is 9.18. The molecule has 1 aliphatic carbocycles. The fraction of sp³-hybridized carbons (Fsp3) is 0.333. The van der Waals surface area contributed by atoms with Gasteiger partial charge in [0, 0.05) is 31.8 Å². The summed E-state index contributed by atoms with van der Waals surface area (Å²) in [4.78, 5) is 45.1. The largest absolute Gasteiger partial charge is 0.497 e. The Kier molecular flexibility index (Phi) is 4.49. The van der Waals surface area contributed by atoms with Gasteiger partial charge in [-0.05, 0) is 29.3 Å². The van der Waals surface area contributed by atoms with Crippen molar-refractivity contribution < 1.29 is 23.9 Å². The molecule has 8 heteroatoms. The maximum Gasteiger partial charge on any atom is 0.339 e. The Hall–Kier alpha value is -3.42. The number of hydrogen-bond acceptors (Lipinski definition) is 6. The lowest BCUT2D eigenvalue weighted by atomic mass is 9.94. The Labute approximate surface area is 168 Å². The first-order valence-electron chi connectivity index (χ1n) is 9.18. The minimum Gasteiger partial charge on any atom is -0.497 e. The van der Waals surface area contributed by atoms with Gasteiger partial charge in [0.15, 0.2) is 0 Å². The van der Waals surface area contributed by atoms with Crippen molar-refractivity contribution in [2.75, 3.05) is 21.3 Å². The van der Waals surface area contributed by atoms with Crippen LogP contribution in [0.1, 0.15) is 27.2 Å². The number of carbonyl (C=O) groups is 3. The molecule has 150 valence electrons. The highest BCUT2D eigenvalue weighted by Gasteiger charge is 2.58. The number of rotatable bonds is 4. The number of aromatic nitrogens is 1. The van der Waals surface area contributed by atoms with Crippen LogP contribution >= 0.6 is 0 Å². The summed E-state index contributed by atoms with van der Waals surface area (Å²) in [5, 5.41) is 0. The van der Waals surface area contributed by atoms with Crippen LogP contribution in [0.15, 0.2) is 36.5 Å². The van der Waals surface area contributed by atoms with Crippen molar-refractivity contribution in [1.82, 2.24) is 14.8 Å². The summed E-state index contributed by atoms with van der Waals surface area (Å²) in [6.45, 7) is 0.185. The molecule has 29 heavy (non-hydrogen) atoms. The molecule has 0 saturated carbocycles. The normalized spacial score (nSPS) is 20.4. The van der Waals surface area contributed by atoms with Crippen molar-refractivity contribution in [3.05, 3.63) is 58.9 Å². The van der Waals surface area contributed by atoms with E-state index in [2.05, 4.69) is 4.98 Å². The third kappa shape index (κ3) is 2.91. The third-order valence-corrected chi connectivity index (χ3v) is 5.73. The SMILES string of the molecule is COC(=O)c1cnc2c(c1)C[C@]1(C2)C(=O)N(Cc2ccc(OC)cc2)C(=O)N1C. The van der Waals surface area contributed by atoms with Crippen LogP contribution in [0.4, 0.5) is 4.79 Å². The van der Waals surface area contributed by atoms with Crippen molar-refractivity contribution >= 4 is 17.9 Å². The van der Waals surface area contributed by atoms with E-state index < -0.39 is 11.5 Å². The van der Waals surface area contributed by atoms with Crippen LogP contribution in [0, 0.1) is 0 Å². The van der Waals surface area contributed by atoms with Gasteiger partial charge in [0.1, 0.15) is 11.3 Å². The van der Waals surface area contributed by atoms with Gasteiger partial charge < -0.3 is 14.4 Å². The van der Waals surface area contributed by atoms with Gasteiger partial charge in [-0.25, -0.2) is 9.59 Å². The summed E-state index contributed by atoms with van der Waals surface area (Å²) in [5.74, 6) is -0.0249. The third-order valence-electron chi connectivity index (χ3n) is 5.73. The topological polar surface area (TPSA) is 89.0 Å². The molecule has 0 bridgehead atoms. The zero-order valence-electron chi connectivity index (χ0n) is 16.5. The summed E-state index contributed by atoms with van der Waals surface area (Å²) in [6, 6.07) is 8.61. The van der Waals surface area contributed by atoms with Gasteiger partial charge in [-0.15, -0.1) is 0 Å². The summed E-state index contributed by atoms with van der Waals surface area (Å²) in [6.07, 6.45) is 2.09. The van der Waals surface area contributed by atoms with E-state index in [1.165, 1.54) is 23.1 Å². The molecule has 2 heterocycles. The zero-order valence-corrected chi connectivity index (χ0v) is 16.5. The molecule has 0 radical (unpaired) electrons. The van der Waals surface area contributed by atoms with Crippen LogP contribution in [0.2, 0.25) is 0 Å². The van der Waals surface area contributed by atoms with Gasteiger partial charge in [-0.1, -0.05) is 12.1 Å². The van der Waals surface area contributed by atoms with Gasteiger partial charge in [-0.2, -0.15) is 0 Å². The highest BCUT2D eigenvalue weighted by atomic mass is 16.5. The highest BCUT2D eigenvalue weighted by molar-refractivity contribution is 6.07. The summed E-state index contributed by atoms with van der Waals surface area (Å²) >= 11 is 0. The molecule has 1 saturated heterocycles. The molecule has 1 aliphatic heterocycles. The van der Waals surface area contributed by atoms with Crippen LogP contribution in [0.5, 0.6) is 5.75 Å². The van der Waals surface area contributed by atoms with Crippen LogP contribution in [0.3, 0.4) is 0 Å². The number of pyridine rings is 1. The monoisotopic (exact) mass is 395 g/mol. The zero-order chi connectivity index (χ0) is 20.8. The van der Waals surface area contributed by atoms with E-state index in [9.17, 15) is 14.4 Å². The average molecular weight is 395 g/mol. The second-order valence-corrected chi connectivity index (χ2v) is 7.29. The Bertz CT molecular complexity index is 1000.